The van der Waals surface area contributed by atoms with E-state index < -0.39 is 197 Å². The maximum atomic E-state index is 15.7. The number of nitrogens with zero attached hydrogens (tertiary/aromatic N) is 8. The quantitative estimate of drug-likeness (QED) is 0.158. The highest BCUT2D eigenvalue weighted by atomic mass is 19.4. The molecule has 3 N–H and O–H groups in total. The lowest BCUT2D eigenvalue weighted by molar-refractivity contribution is -0.161. The maximum absolute atomic E-state index is 15.7. The van der Waals surface area contributed by atoms with Crippen LogP contribution in [-0.4, -0.2) is 259 Å². The zero-order valence-corrected chi connectivity index (χ0v) is 62.6. The highest BCUT2D eigenvalue weighted by Gasteiger charge is 2.59. The van der Waals surface area contributed by atoms with Crippen molar-refractivity contribution in [3.63, 3.8) is 0 Å². The van der Waals surface area contributed by atoms with E-state index >= 15 is 28.8 Å². The number of hydrogen-bond acceptors (Lipinski definition) is 15. The first-order valence-corrected chi connectivity index (χ1v) is 36.1. The second kappa shape index (κ2) is 36.5. The van der Waals surface area contributed by atoms with Crippen LogP contribution in [0.4, 0.5) is 13.2 Å². The van der Waals surface area contributed by atoms with E-state index in [0.29, 0.717) is 38.5 Å². The van der Waals surface area contributed by atoms with Gasteiger partial charge in [-0.1, -0.05) is 97.2 Å². The average Bonchev–Trinajstić information content (AvgIpc) is 1.25. The normalized spacial score (nSPS) is 27.7. The fraction of sp³-hybridized carbons (Fsp3) is 0.689. The monoisotopic (exact) mass is 1450 g/mol. The number of likely N-dealkylation sites (N-methyl/N-ethyl adjacent to an activating group) is 7. The number of halogens is 3. The van der Waals surface area contributed by atoms with Gasteiger partial charge in [-0.2, -0.15) is 13.2 Å². The van der Waals surface area contributed by atoms with Crippen molar-refractivity contribution < 1.29 is 85.0 Å². The highest BCUT2D eigenvalue weighted by Crippen LogP contribution is 2.50. The third kappa shape index (κ3) is 20.8. The largest absolute Gasteiger partial charge is 0.461 e. The number of carbonyl (C=O) groups is 13. The van der Waals surface area contributed by atoms with E-state index in [0.717, 1.165) is 39.0 Å². The van der Waals surface area contributed by atoms with Crippen LogP contribution in [0.25, 0.3) is 0 Å². The van der Waals surface area contributed by atoms with Crippen molar-refractivity contribution in [1.29, 1.82) is 0 Å². The number of rotatable bonds is 15. The summed E-state index contributed by atoms with van der Waals surface area (Å²) in [7, 11) is 11.1. The molecule has 1 spiro atoms. The Morgan fingerprint density at radius 2 is 1.38 bits per heavy atom. The molecule has 5 aliphatic rings. The van der Waals surface area contributed by atoms with Crippen LogP contribution in [-0.2, 0) is 84.4 Å². The molecule has 2 heterocycles. The number of carbonyl (C=O) groups excluding carboxylic acids is 13. The number of benzene rings is 1. The summed E-state index contributed by atoms with van der Waals surface area (Å²) in [5.41, 5.74) is -2.98. The maximum Gasteiger partial charge on any atom is 0.416 e. The Kier molecular flexibility index (Phi) is 29.6. The Bertz CT molecular complexity index is 3300. The lowest BCUT2D eigenvalue weighted by Gasteiger charge is -2.54. The lowest BCUT2D eigenvalue weighted by Crippen LogP contribution is -2.71. The third-order valence-electron chi connectivity index (χ3n) is 21.3. The summed E-state index contributed by atoms with van der Waals surface area (Å²) in [6.07, 6.45) is 1.02. The van der Waals surface area contributed by atoms with Crippen LogP contribution >= 0.6 is 0 Å². The van der Waals surface area contributed by atoms with E-state index in [1.165, 1.54) is 87.0 Å². The van der Waals surface area contributed by atoms with Crippen molar-refractivity contribution in [3.8, 4) is 0 Å². The second-order valence-electron chi connectivity index (χ2n) is 29.7. The van der Waals surface area contributed by atoms with Gasteiger partial charge in [0, 0.05) is 88.3 Å². The molecule has 572 valence electrons. The zero-order chi connectivity index (χ0) is 76.7. The molecule has 3 aliphatic carbocycles. The minimum Gasteiger partial charge on any atom is -0.461 e. The fourth-order valence-corrected chi connectivity index (χ4v) is 15.4. The molecular weight excluding hydrogens is 1340 g/mol. The molecule has 1 aromatic carbocycles. The minimum atomic E-state index is -4.73. The first kappa shape index (κ1) is 83.7. The van der Waals surface area contributed by atoms with Gasteiger partial charge in [0.05, 0.1) is 43.1 Å². The van der Waals surface area contributed by atoms with Gasteiger partial charge in [0.15, 0.2) is 5.78 Å². The summed E-state index contributed by atoms with van der Waals surface area (Å²) in [4.78, 5) is 203. The Labute approximate surface area is 603 Å². The van der Waals surface area contributed by atoms with Gasteiger partial charge in [-0.15, -0.1) is 0 Å². The van der Waals surface area contributed by atoms with Gasteiger partial charge in [0.2, 0.25) is 65.0 Å². The van der Waals surface area contributed by atoms with Crippen LogP contribution in [0.5, 0.6) is 0 Å². The van der Waals surface area contributed by atoms with Gasteiger partial charge in [-0.3, -0.25) is 62.3 Å². The number of esters is 1. The Hall–Kier alpha value is -8.24. The van der Waals surface area contributed by atoms with Crippen LogP contribution in [0.3, 0.4) is 0 Å². The number of nitrogens with one attached hydrogen (secondary N) is 3. The lowest BCUT2D eigenvalue weighted by atomic mass is 9.58. The van der Waals surface area contributed by atoms with E-state index in [4.69, 9.17) is 9.47 Å². The SMILES string of the molecule is C=CCOC(=O)CC[C@@H]1NC(=O)CN(C)C(=O)[C@H](Cc2ccc(C(F)(F)F)cc2)N2CC/C=C\C[C@@H](C2=O)N(C)C(=O)CN(C)C(=O)C([C@@H](C)CC)NC(=O)[C@H](CCC)N(C)C(=O)C[C@@H](C(=O)N(C)C)N(C)C(=O)[C@H](C2CCCC2)N(C)C(=O)C2(CC(C)(C)C2)NC(=O)[C@@H]2C[C@@H](OCC)CC2C1=O. The van der Waals surface area contributed by atoms with E-state index in [1.54, 1.807) is 39.8 Å². The Balaban J connectivity index is 1.49. The number of fused-ring (bicyclic) bond motifs is 3. The standard InChI is InChI=1S/C74H110F3N11O15/c1-16-25-53-65(95)79-61(45(5)18-3)69(99)83(11)42-59(91)85(13)54-28-21-20-24-35-88(68(54)98)56(37-46-29-31-48(32-30-46)74(75,76)77)67(97)82(10)41-57(89)78-52(33-34-60(92)103-36-17-2)63(93)50-38-49(102-19-4)39-51(50)64(94)80-73(43-72(6,7)44-73)71(101)87(15)62(47-26-22-23-27-47)70(100)86(14)55(66(96)81(8)9)40-58(90)84(53)12/h17,20-21,29-32,45,47,49-56,61-62H,2,16,18-19,22-28,33-44H2,1,3-15H3,(H,78,89)(H,79,95)(H,80,94)/b21-20-/t45-,49-,50?,51+,52-,53-,54-,55-,56-,61?,62-/m0/s1. The van der Waals surface area contributed by atoms with Gasteiger partial charge < -0.3 is 64.6 Å². The van der Waals surface area contributed by atoms with Crippen molar-refractivity contribution in [2.24, 2.45) is 29.1 Å². The molecule has 2 aliphatic heterocycles. The molecule has 1 saturated heterocycles. The molecule has 29 heteroatoms. The molecule has 4 fully saturated rings. The number of Topliss-reactive ketones (excluding diaryl/α,β-unsaturated/α-hetero) is 1. The smallest absolute Gasteiger partial charge is 0.416 e. The highest BCUT2D eigenvalue weighted by molar-refractivity contribution is 6.01. The summed E-state index contributed by atoms with van der Waals surface area (Å²) < 4.78 is 53.2. The molecule has 103 heavy (non-hydrogen) atoms. The van der Waals surface area contributed by atoms with Gasteiger partial charge in [-0.05, 0) is 106 Å². The number of hydrogen-bond donors (Lipinski definition) is 3. The number of ether oxygens (including phenoxy) is 2. The Morgan fingerprint density at radius 3 is 1.96 bits per heavy atom. The van der Waals surface area contributed by atoms with Crippen molar-refractivity contribution in [2.75, 3.05) is 89.2 Å². The topological polar surface area (TPSA) is 302 Å². The number of alkyl halides is 3. The van der Waals surface area contributed by atoms with Gasteiger partial charge in [-0.25, -0.2) is 0 Å². The summed E-state index contributed by atoms with van der Waals surface area (Å²) in [5, 5.41) is 8.62. The molecule has 26 nitrogen and oxygen atoms in total. The zero-order valence-electron chi connectivity index (χ0n) is 62.6. The molecule has 2 bridgehead atoms. The van der Waals surface area contributed by atoms with Gasteiger partial charge in [0.25, 0.3) is 0 Å². The van der Waals surface area contributed by atoms with Crippen molar-refractivity contribution in [1.82, 2.24) is 55.1 Å². The van der Waals surface area contributed by atoms with Crippen molar-refractivity contribution >= 4 is 76.7 Å². The average molecular weight is 1450 g/mol. The molecule has 11 atom stereocenters. The van der Waals surface area contributed by atoms with Crippen LogP contribution in [0.2, 0.25) is 0 Å². The van der Waals surface area contributed by atoms with E-state index in [2.05, 4.69) is 22.5 Å². The molecular formula is C74H110F3N11O15. The summed E-state index contributed by atoms with van der Waals surface area (Å²) in [6, 6.07) is -5.64. The van der Waals surface area contributed by atoms with Gasteiger partial charge in [0.1, 0.15) is 48.4 Å². The Morgan fingerprint density at radius 1 is 0.748 bits per heavy atom. The molecule has 2 unspecified atom stereocenters. The second-order valence-corrected chi connectivity index (χ2v) is 29.7. The predicted octanol–water partition coefficient (Wildman–Crippen LogP) is 4.70. The van der Waals surface area contributed by atoms with Crippen LogP contribution in [0.15, 0.2) is 49.1 Å². The first-order valence-electron chi connectivity index (χ1n) is 36.1. The molecule has 0 radical (unpaired) electrons. The first-order chi connectivity index (χ1) is 48.4. The number of amides is 11. The minimum absolute atomic E-state index is 0.0165. The van der Waals surface area contributed by atoms with E-state index in [1.807, 2.05) is 13.8 Å². The molecule has 11 amide bonds. The molecule has 1 aromatic rings. The van der Waals surface area contributed by atoms with E-state index in [-0.39, 0.29) is 83.1 Å². The number of ketones is 1. The van der Waals surface area contributed by atoms with Crippen LogP contribution in [0, 0.1) is 29.1 Å². The third-order valence-corrected chi connectivity index (χ3v) is 21.3. The molecule has 6 rings (SSSR count). The van der Waals surface area contributed by atoms with Gasteiger partial charge >= 0.3 is 12.1 Å². The fourth-order valence-electron chi connectivity index (χ4n) is 15.4. The summed E-state index contributed by atoms with van der Waals surface area (Å²) in [5.74, 6) is -12.9. The van der Waals surface area contributed by atoms with Crippen molar-refractivity contribution in [2.45, 2.75) is 211 Å². The molecule has 3 saturated carbocycles. The molecule has 0 aromatic heterocycles. The summed E-state index contributed by atoms with van der Waals surface area (Å²) in [6.45, 7) is 12.9. The van der Waals surface area contributed by atoms with Crippen LogP contribution in [0.1, 0.15) is 155 Å². The summed E-state index contributed by atoms with van der Waals surface area (Å²) >= 11 is 0. The predicted molar refractivity (Wildman–Crippen MR) is 375 cm³/mol. The van der Waals surface area contributed by atoms with Crippen molar-refractivity contribution in [3.05, 3.63) is 60.2 Å². The van der Waals surface area contributed by atoms with E-state index in [9.17, 15) is 46.7 Å². The van der Waals surface area contributed by atoms with Crippen LogP contribution < -0.4 is 16.0 Å².